The first-order chi connectivity index (χ1) is 22.6. The van der Waals surface area contributed by atoms with Crippen LogP contribution in [0.25, 0.3) is 0 Å². The standard InChI is InChI=1S/C37H43Cl3N4O4/c1-8-36(4,5)24-12-17-31(28(19-24)37(6,7)9-2)48-18-10-11-33(46)41-26-13-15-27(16-14-26)43(23(3)45)32-22-34(47)44(42-32)35-29(39)20-25(38)21-30(35)40/h12-17,19-21H,8-11,18,22H2,1-7H3,(H,41,46). The molecule has 48 heavy (non-hydrogen) atoms. The molecule has 0 unspecified atom stereocenters. The summed E-state index contributed by atoms with van der Waals surface area (Å²) in [6.07, 6.45) is 2.69. The van der Waals surface area contributed by atoms with Crippen LogP contribution in [0, 0.1) is 0 Å². The highest BCUT2D eigenvalue weighted by Gasteiger charge is 2.33. The van der Waals surface area contributed by atoms with Crippen molar-refractivity contribution in [1.29, 1.82) is 0 Å². The van der Waals surface area contributed by atoms with Crippen LogP contribution < -0.4 is 20.0 Å². The van der Waals surface area contributed by atoms with Crippen molar-refractivity contribution in [2.75, 3.05) is 21.8 Å². The Morgan fingerprint density at radius 1 is 0.938 bits per heavy atom. The molecule has 0 aromatic heterocycles. The number of carbonyl (C=O) groups excluding carboxylic acids is 3. The van der Waals surface area contributed by atoms with E-state index in [1.807, 2.05) is 0 Å². The molecular weight excluding hydrogens is 671 g/mol. The highest BCUT2D eigenvalue weighted by molar-refractivity contribution is 6.43. The average molecular weight is 714 g/mol. The molecule has 0 bridgehead atoms. The van der Waals surface area contributed by atoms with Crippen LogP contribution in [0.1, 0.15) is 91.7 Å². The zero-order valence-corrected chi connectivity index (χ0v) is 30.8. The van der Waals surface area contributed by atoms with Gasteiger partial charge in [-0.3, -0.25) is 19.3 Å². The lowest BCUT2D eigenvalue weighted by Crippen LogP contribution is -2.34. The lowest BCUT2D eigenvalue weighted by atomic mass is 9.76. The summed E-state index contributed by atoms with van der Waals surface area (Å²) in [7, 11) is 0. The summed E-state index contributed by atoms with van der Waals surface area (Å²) in [5.74, 6) is 0.169. The quantitative estimate of drug-likeness (QED) is 0.189. The smallest absolute Gasteiger partial charge is 0.255 e. The first kappa shape index (κ1) is 37.2. The highest BCUT2D eigenvalue weighted by atomic mass is 35.5. The molecule has 256 valence electrons. The molecule has 3 aromatic rings. The topological polar surface area (TPSA) is 91.3 Å². The number of nitrogens with zero attached hydrogens (tertiary/aromatic N) is 3. The second kappa shape index (κ2) is 15.3. The molecule has 1 aliphatic rings. The van der Waals surface area contributed by atoms with Gasteiger partial charge in [0.05, 0.1) is 28.8 Å². The van der Waals surface area contributed by atoms with Crippen molar-refractivity contribution in [2.24, 2.45) is 5.10 Å². The normalized spacial score (nSPS) is 13.4. The minimum atomic E-state index is -0.405. The van der Waals surface area contributed by atoms with Gasteiger partial charge in [-0.1, -0.05) is 88.5 Å². The maximum absolute atomic E-state index is 12.9. The maximum Gasteiger partial charge on any atom is 0.255 e. The van der Waals surface area contributed by atoms with Gasteiger partial charge in [-0.05, 0) is 78.1 Å². The van der Waals surface area contributed by atoms with Crippen molar-refractivity contribution in [3.8, 4) is 5.75 Å². The molecule has 3 amide bonds. The van der Waals surface area contributed by atoms with Crippen molar-refractivity contribution in [2.45, 2.75) is 91.4 Å². The van der Waals surface area contributed by atoms with Crippen LogP contribution >= 0.6 is 34.8 Å². The molecule has 0 aliphatic carbocycles. The fourth-order valence-electron chi connectivity index (χ4n) is 5.30. The second-order valence-electron chi connectivity index (χ2n) is 13.2. The molecule has 0 radical (unpaired) electrons. The van der Waals surface area contributed by atoms with E-state index in [4.69, 9.17) is 39.5 Å². The molecule has 1 heterocycles. The van der Waals surface area contributed by atoms with Crippen LogP contribution in [0.5, 0.6) is 5.75 Å². The lowest BCUT2D eigenvalue weighted by molar-refractivity contribution is -0.117. The number of amidine groups is 1. The van der Waals surface area contributed by atoms with Gasteiger partial charge < -0.3 is 10.1 Å². The Labute approximate surface area is 298 Å². The molecule has 0 fully saturated rings. The number of ether oxygens (including phenoxy) is 1. The number of anilines is 3. The molecule has 11 heteroatoms. The Morgan fingerprint density at radius 2 is 1.56 bits per heavy atom. The number of halogens is 3. The predicted molar refractivity (Wildman–Crippen MR) is 197 cm³/mol. The van der Waals surface area contributed by atoms with E-state index in [2.05, 4.69) is 70.2 Å². The van der Waals surface area contributed by atoms with Crippen LogP contribution in [0.15, 0.2) is 59.7 Å². The molecule has 4 rings (SSSR count). The zero-order valence-electron chi connectivity index (χ0n) is 28.5. The van der Waals surface area contributed by atoms with E-state index in [0.717, 1.165) is 23.6 Å². The molecule has 0 saturated heterocycles. The number of hydrogen-bond donors (Lipinski definition) is 1. The Balaban J connectivity index is 1.38. The van der Waals surface area contributed by atoms with Crippen molar-refractivity contribution in [1.82, 2.24) is 0 Å². The molecule has 3 aromatic carbocycles. The predicted octanol–water partition coefficient (Wildman–Crippen LogP) is 9.92. The van der Waals surface area contributed by atoms with Gasteiger partial charge in [-0.25, -0.2) is 0 Å². The van der Waals surface area contributed by atoms with Gasteiger partial charge in [0.15, 0.2) is 0 Å². The number of rotatable bonds is 12. The molecular formula is C37H43Cl3N4O4. The van der Waals surface area contributed by atoms with Gasteiger partial charge in [-0.2, -0.15) is 10.1 Å². The third kappa shape index (κ3) is 8.52. The summed E-state index contributed by atoms with van der Waals surface area (Å²) in [5.41, 5.74) is 3.75. The van der Waals surface area contributed by atoms with E-state index < -0.39 is 5.91 Å². The Bertz CT molecular complexity index is 1700. The first-order valence-corrected chi connectivity index (χ1v) is 17.2. The number of hydrazone groups is 1. The number of carbonyl (C=O) groups is 3. The van der Waals surface area contributed by atoms with Gasteiger partial charge in [0, 0.05) is 29.6 Å². The molecule has 1 N–H and O–H groups in total. The fourth-order valence-corrected chi connectivity index (χ4v) is 6.27. The zero-order chi connectivity index (χ0) is 35.4. The van der Waals surface area contributed by atoms with E-state index in [1.165, 1.54) is 35.1 Å². The van der Waals surface area contributed by atoms with E-state index >= 15 is 0 Å². The maximum atomic E-state index is 12.9. The third-order valence-electron chi connectivity index (χ3n) is 9.00. The summed E-state index contributed by atoms with van der Waals surface area (Å²) < 4.78 is 6.23. The summed E-state index contributed by atoms with van der Waals surface area (Å²) in [5, 5.41) is 8.99. The van der Waals surface area contributed by atoms with Crippen molar-refractivity contribution in [3.05, 3.63) is 80.8 Å². The summed E-state index contributed by atoms with van der Waals surface area (Å²) in [4.78, 5) is 39.7. The molecule has 1 aliphatic heterocycles. The number of hydrogen-bond acceptors (Lipinski definition) is 5. The monoisotopic (exact) mass is 712 g/mol. The van der Waals surface area contributed by atoms with Crippen LogP contribution in [0.3, 0.4) is 0 Å². The van der Waals surface area contributed by atoms with E-state index in [-0.39, 0.29) is 57.1 Å². The summed E-state index contributed by atoms with van der Waals surface area (Å²) >= 11 is 18.6. The summed E-state index contributed by atoms with van der Waals surface area (Å²) in [6.45, 7) is 15.2. The van der Waals surface area contributed by atoms with Crippen LogP contribution in [-0.4, -0.2) is 30.2 Å². The number of amides is 3. The van der Waals surface area contributed by atoms with Gasteiger partial charge in [-0.15, -0.1) is 0 Å². The van der Waals surface area contributed by atoms with E-state index in [9.17, 15) is 14.4 Å². The van der Waals surface area contributed by atoms with Gasteiger partial charge in [0.1, 0.15) is 17.3 Å². The largest absolute Gasteiger partial charge is 0.493 e. The molecule has 0 atom stereocenters. The Kier molecular flexibility index (Phi) is 11.9. The Hall–Kier alpha value is -3.59. The first-order valence-electron chi connectivity index (χ1n) is 16.1. The minimum absolute atomic E-state index is 0.0475. The van der Waals surface area contributed by atoms with Crippen molar-refractivity contribution < 1.29 is 19.1 Å². The molecule has 0 spiro atoms. The molecule has 8 nitrogen and oxygen atoms in total. The van der Waals surface area contributed by atoms with Gasteiger partial charge in [0.25, 0.3) is 5.91 Å². The highest BCUT2D eigenvalue weighted by Crippen LogP contribution is 2.40. The third-order valence-corrected chi connectivity index (χ3v) is 9.79. The van der Waals surface area contributed by atoms with Crippen LogP contribution in [0.2, 0.25) is 15.1 Å². The van der Waals surface area contributed by atoms with Gasteiger partial charge >= 0.3 is 0 Å². The van der Waals surface area contributed by atoms with E-state index in [0.29, 0.717) is 29.4 Å². The average Bonchev–Trinajstić information content (AvgIpc) is 3.39. The second-order valence-corrected chi connectivity index (χ2v) is 14.5. The van der Waals surface area contributed by atoms with E-state index in [1.54, 1.807) is 24.3 Å². The Morgan fingerprint density at radius 3 is 2.15 bits per heavy atom. The SMILES string of the molecule is CCC(C)(C)c1ccc(OCCCC(=O)Nc2ccc(N(C(C)=O)C3=NN(c4c(Cl)cc(Cl)cc4Cl)C(=O)C3)cc2)c(C(C)(C)CC)c1. The summed E-state index contributed by atoms with van der Waals surface area (Å²) in [6, 6.07) is 16.2. The van der Waals surface area contributed by atoms with Crippen LogP contribution in [-0.2, 0) is 25.2 Å². The minimum Gasteiger partial charge on any atom is -0.493 e. The fraction of sp³-hybridized carbons (Fsp3) is 0.405. The molecule has 0 saturated carbocycles. The van der Waals surface area contributed by atoms with Gasteiger partial charge in [0.2, 0.25) is 11.8 Å². The number of nitrogens with one attached hydrogen (secondary N) is 1. The van der Waals surface area contributed by atoms with Crippen molar-refractivity contribution >= 4 is 75.4 Å². The van der Waals surface area contributed by atoms with Crippen LogP contribution in [0.4, 0.5) is 17.1 Å². The number of benzene rings is 3. The van der Waals surface area contributed by atoms with Crippen molar-refractivity contribution in [3.63, 3.8) is 0 Å². The lowest BCUT2D eigenvalue weighted by Gasteiger charge is -2.30.